The normalized spacial score (nSPS) is 22.8. The van der Waals surface area contributed by atoms with Crippen LogP contribution in [-0.2, 0) is 9.59 Å². The van der Waals surface area contributed by atoms with Crippen LogP contribution in [0.25, 0.3) is 0 Å². The summed E-state index contributed by atoms with van der Waals surface area (Å²) in [5.41, 5.74) is 0.388. The molecule has 2 aliphatic heterocycles. The summed E-state index contributed by atoms with van der Waals surface area (Å²) in [6.45, 7) is 0.607. The first-order valence-corrected chi connectivity index (χ1v) is 8.95. The molecule has 3 rings (SSSR count). The molecule has 0 spiro atoms. The second-order valence-electron chi connectivity index (χ2n) is 6.79. The van der Waals surface area contributed by atoms with E-state index in [2.05, 4.69) is 16.1 Å². The fourth-order valence-corrected chi connectivity index (χ4v) is 3.56. The maximum Gasteiger partial charge on any atom is 0.308 e. The number of carbonyl (C=O) groups is 2. The number of nitrogens with zero attached hydrogens (tertiary/aromatic N) is 3. The molecule has 2 atom stereocenters. The van der Waals surface area contributed by atoms with Crippen molar-refractivity contribution in [3.63, 3.8) is 0 Å². The second-order valence-corrected chi connectivity index (χ2v) is 7.22. The van der Waals surface area contributed by atoms with E-state index in [-0.39, 0.29) is 24.8 Å². The molecule has 7 heteroatoms. The van der Waals surface area contributed by atoms with Crippen molar-refractivity contribution in [1.82, 2.24) is 4.90 Å². The number of rotatable bonds is 7. The third-order valence-electron chi connectivity index (χ3n) is 5.08. The SMILES string of the molecule is C#CCCC1(CCC(=O)N2C[C@@H](C(=O)O)[C@H](c3ccc(Cl)cc3)C2)N=N1. The van der Waals surface area contributed by atoms with Gasteiger partial charge in [0.25, 0.3) is 0 Å². The zero-order chi connectivity index (χ0) is 18.7. The van der Waals surface area contributed by atoms with Gasteiger partial charge >= 0.3 is 5.97 Å². The molecule has 1 aromatic carbocycles. The molecule has 0 bridgehead atoms. The third-order valence-corrected chi connectivity index (χ3v) is 5.33. The average Bonchev–Trinajstić information content (AvgIpc) is 3.25. The molecule has 1 amide bonds. The van der Waals surface area contributed by atoms with Gasteiger partial charge in [-0.3, -0.25) is 9.59 Å². The number of hydrogen-bond acceptors (Lipinski definition) is 4. The van der Waals surface area contributed by atoms with Crippen LogP contribution >= 0.6 is 11.6 Å². The first-order chi connectivity index (χ1) is 12.4. The van der Waals surface area contributed by atoms with Crippen LogP contribution in [-0.4, -0.2) is 40.6 Å². The Kier molecular flexibility index (Phi) is 5.28. The van der Waals surface area contributed by atoms with Crippen molar-refractivity contribution >= 4 is 23.5 Å². The molecule has 1 saturated heterocycles. The minimum Gasteiger partial charge on any atom is -0.481 e. The lowest BCUT2D eigenvalue weighted by Gasteiger charge is -2.17. The maximum atomic E-state index is 12.6. The summed E-state index contributed by atoms with van der Waals surface area (Å²) >= 11 is 5.91. The van der Waals surface area contributed by atoms with E-state index in [1.54, 1.807) is 17.0 Å². The quantitative estimate of drug-likeness (QED) is 0.744. The van der Waals surface area contributed by atoms with E-state index in [0.29, 0.717) is 30.8 Å². The van der Waals surface area contributed by atoms with Crippen molar-refractivity contribution in [3.8, 4) is 12.3 Å². The molecular formula is C19H20ClN3O3. The number of benzene rings is 1. The van der Waals surface area contributed by atoms with Gasteiger partial charge in [0.05, 0.1) is 5.92 Å². The fourth-order valence-electron chi connectivity index (χ4n) is 3.44. The van der Waals surface area contributed by atoms with Crippen LogP contribution in [0.3, 0.4) is 0 Å². The molecule has 26 heavy (non-hydrogen) atoms. The van der Waals surface area contributed by atoms with Gasteiger partial charge < -0.3 is 10.0 Å². The number of terminal acetylenes is 1. The summed E-state index contributed by atoms with van der Waals surface area (Å²) in [6.07, 6.45) is 7.31. The molecule has 6 nitrogen and oxygen atoms in total. The lowest BCUT2D eigenvalue weighted by atomic mass is 9.89. The first kappa shape index (κ1) is 18.4. The summed E-state index contributed by atoms with van der Waals surface area (Å²) in [6, 6.07) is 7.14. The Labute approximate surface area is 157 Å². The molecular weight excluding hydrogens is 354 g/mol. The summed E-state index contributed by atoms with van der Waals surface area (Å²) < 4.78 is 0. The van der Waals surface area contributed by atoms with Gasteiger partial charge in [0, 0.05) is 49.7 Å². The van der Waals surface area contributed by atoms with Crippen LogP contribution in [0.4, 0.5) is 0 Å². The van der Waals surface area contributed by atoms with Crippen LogP contribution in [0.2, 0.25) is 5.02 Å². The Morgan fingerprint density at radius 2 is 1.96 bits per heavy atom. The second kappa shape index (κ2) is 7.46. The molecule has 0 radical (unpaired) electrons. The van der Waals surface area contributed by atoms with Gasteiger partial charge in [-0.1, -0.05) is 23.7 Å². The van der Waals surface area contributed by atoms with Gasteiger partial charge in [0.15, 0.2) is 5.66 Å². The van der Waals surface area contributed by atoms with Crippen molar-refractivity contribution in [2.24, 2.45) is 16.1 Å². The molecule has 0 unspecified atom stereocenters. The van der Waals surface area contributed by atoms with Crippen LogP contribution in [0.1, 0.15) is 37.2 Å². The highest BCUT2D eigenvalue weighted by Gasteiger charge is 2.43. The molecule has 2 aliphatic rings. The van der Waals surface area contributed by atoms with E-state index in [0.717, 1.165) is 5.56 Å². The number of aliphatic carboxylic acids is 1. The zero-order valence-corrected chi connectivity index (χ0v) is 15.0. The van der Waals surface area contributed by atoms with Crippen LogP contribution in [0.15, 0.2) is 34.5 Å². The minimum atomic E-state index is -0.891. The largest absolute Gasteiger partial charge is 0.481 e. The number of carboxylic acid groups (broad SMARTS) is 1. The molecule has 2 heterocycles. The van der Waals surface area contributed by atoms with Crippen LogP contribution in [0.5, 0.6) is 0 Å². The van der Waals surface area contributed by atoms with Gasteiger partial charge in [-0.05, 0) is 17.7 Å². The molecule has 0 aromatic heterocycles. The Balaban J connectivity index is 1.62. The van der Waals surface area contributed by atoms with Crippen molar-refractivity contribution in [2.45, 2.75) is 37.3 Å². The van der Waals surface area contributed by atoms with E-state index in [4.69, 9.17) is 18.0 Å². The molecule has 0 saturated carbocycles. The number of hydrogen-bond donors (Lipinski definition) is 1. The average molecular weight is 374 g/mol. The third kappa shape index (κ3) is 4.05. The zero-order valence-electron chi connectivity index (χ0n) is 14.3. The predicted molar refractivity (Wildman–Crippen MR) is 96.8 cm³/mol. The van der Waals surface area contributed by atoms with E-state index < -0.39 is 17.6 Å². The Bertz CT molecular complexity index is 763. The number of carboxylic acids is 1. The Hall–Kier alpha value is -2.39. The fraction of sp³-hybridized carbons (Fsp3) is 0.474. The van der Waals surface area contributed by atoms with Crippen molar-refractivity contribution in [3.05, 3.63) is 34.9 Å². The van der Waals surface area contributed by atoms with Gasteiger partial charge in [-0.15, -0.1) is 12.3 Å². The van der Waals surface area contributed by atoms with Gasteiger partial charge in [0.2, 0.25) is 5.91 Å². The highest BCUT2D eigenvalue weighted by molar-refractivity contribution is 6.30. The molecule has 136 valence electrons. The summed E-state index contributed by atoms with van der Waals surface area (Å²) in [4.78, 5) is 25.9. The lowest BCUT2D eigenvalue weighted by Crippen LogP contribution is -2.30. The molecule has 1 fully saturated rings. The Morgan fingerprint density at radius 3 is 2.54 bits per heavy atom. The van der Waals surface area contributed by atoms with Gasteiger partial charge in [0.1, 0.15) is 0 Å². The van der Waals surface area contributed by atoms with E-state index in [1.165, 1.54) is 0 Å². The van der Waals surface area contributed by atoms with Crippen LogP contribution < -0.4 is 0 Å². The van der Waals surface area contributed by atoms with Crippen molar-refractivity contribution in [2.75, 3.05) is 13.1 Å². The first-order valence-electron chi connectivity index (χ1n) is 8.58. The van der Waals surface area contributed by atoms with E-state index >= 15 is 0 Å². The number of halogens is 1. The van der Waals surface area contributed by atoms with E-state index in [1.807, 2.05) is 12.1 Å². The summed E-state index contributed by atoms with van der Waals surface area (Å²) in [5.74, 6) is 0.751. The standard InChI is InChI=1S/C19H20ClN3O3/c1-2-3-9-19(21-22-19)10-8-17(24)23-11-15(16(12-23)18(25)26)13-4-6-14(20)7-5-13/h1,4-7,15-16H,3,8-12H2,(H,25,26)/t15-,16+/m0/s1. The smallest absolute Gasteiger partial charge is 0.308 e. The highest BCUT2D eigenvalue weighted by atomic mass is 35.5. The number of amides is 1. The van der Waals surface area contributed by atoms with Gasteiger partial charge in [-0.25, -0.2) is 0 Å². The molecule has 0 aliphatic carbocycles. The maximum absolute atomic E-state index is 12.6. The summed E-state index contributed by atoms with van der Waals surface area (Å²) in [7, 11) is 0. The topological polar surface area (TPSA) is 82.3 Å². The Morgan fingerprint density at radius 1 is 1.27 bits per heavy atom. The van der Waals surface area contributed by atoms with Crippen LogP contribution in [0, 0.1) is 18.3 Å². The molecule has 1 N–H and O–H groups in total. The monoisotopic (exact) mass is 373 g/mol. The predicted octanol–water partition coefficient (Wildman–Crippen LogP) is 3.32. The van der Waals surface area contributed by atoms with Crippen molar-refractivity contribution in [1.29, 1.82) is 0 Å². The summed E-state index contributed by atoms with van der Waals surface area (Å²) in [5, 5.41) is 18.2. The lowest BCUT2D eigenvalue weighted by molar-refractivity contribution is -0.141. The van der Waals surface area contributed by atoms with E-state index in [9.17, 15) is 14.7 Å². The minimum absolute atomic E-state index is 0.0647. The number of carbonyl (C=O) groups excluding carboxylic acids is 1. The highest BCUT2D eigenvalue weighted by Crippen LogP contribution is 2.39. The van der Waals surface area contributed by atoms with Gasteiger partial charge in [-0.2, -0.15) is 10.2 Å². The number of likely N-dealkylation sites (tertiary alicyclic amines) is 1. The van der Waals surface area contributed by atoms with Crippen molar-refractivity contribution < 1.29 is 14.7 Å². The molecule has 1 aromatic rings.